The first-order valence-electron chi connectivity index (χ1n) is 15.7. The highest BCUT2D eigenvalue weighted by atomic mass is 16.3. The summed E-state index contributed by atoms with van der Waals surface area (Å²) in [7, 11) is 0. The average molecular weight is 588 g/mol. The van der Waals surface area contributed by atoms with Crippen LogP contribution in [0.25, 0.3) is 65.7 Å². The van der Waals surface area contributed by atoms with Gasteiger partial charge in [-0.05, 0) is 98.4 Å². The monoisotopic (exact) mass is 587 g/mol. The van der Waals surface area contributed by atoms with Gasteiger partial charge in [-0.3, -0.25) is 0 Å². The van der Waals surface area contributed by atoms with Crippen LogP contribution in [0.2, 0.25) is 0 Å². The van der Waals surface area contributed by atoms with Crippen molar-refractivity contribution >= 4 is 60.5 Å². The largest absolute Gasteiger partial charge is 0.456 e. The summed E-state index contributed by atoms with van der Waals surface area (Å²) in [6.07, 6.45) is 0. The highest BCUT2D eigenvalue weighted by Crippen LogP contribution is 2.39. The van der Waals surface area contributed by atoms with Gasteiger partial charge in [-0.2, -0.15) is 0 Å². The van der Waals surface area contributed by atoms with Gasteiger partial charge in [0.2, 0.25) is 0 Å². The zero-order valence-electron chi connectivity index (χ0n) is 25.1. The van der Waals surface area contributed by atoms with Crippen LogP contribution in [0.3, 0.4) is 0 Å². The van der Waals surface area contributed by atoms with Gasteiger partial charge in [0.15, 0.2) is 0 Å². The van der Waals surface area contributed by atoms with Crippen LogP contribution in [0.5, 0.6) is 0 Å². The molecular formula is C44H29NO. The predicted octanol–water partition coefficient (Wildman–Crippen LogP) is 12.7. The van der Waals surface area contributed by atoms with E-state index in [1.54, 1.807) is 0 Å². The Hall–Kier alpha value is -6.12. The lowest BCUT2D eigenvalue weighted by Gasteiger charge is -2.26. The smallest absolute Gasteiger partial charge is 0.136 e. The van der Waals surface area contributed by atoms with Gasteiger partial charge in [0, 0.05) is 27.8 Å². The molecule has 9 rings (SSSR count). The lowest BCUT2D eigenvalue weighted by molar-refractivity contribution is 0.669. The molecule has 0 aliphatic rings. The summed E-state index contributed by atoms with van der Waals surface area (Å²) < 4.78 is 6.18. The average Bonchev–Trinajstić information content (AvgIpc) is 3.52. The second kappa shape index (κ2) is 10.8. The molecule has 0 unspecified atom stereocenters. The van der Waals surface area contributed by atoms with E-state index in [2.05, 4.69) is 169 Å². The van der Waals surface area contributed by atoms with Crippen LogP contribution in [0.15, 0.2) is 180 Å². The fraction of sp³-hybridized carbons (Fsp3) is 0. The van der Waals surface area contributed by atoms with Crippen molar-refractivity contribution in [1.29, 1.82) is 0 Å². The van der Waals surface area contributed by atoms with E-state index in [-0.39, 0.29) is 0 Å². The Kier molecular flexibility index (Phi) is 6.17. The van der Waals surface area contributed by atoms with Gasteiger partial charge in [0.25, 0.3) is 0 Å². The van der Waals surface area contributed by atoms with Gasteiger partial charge in [-0.25, -0.2) is 0 Å². The number of nitrogens with zero attached hydrogens (tertiary/aromatic N) is 1. The van der Waals surface area contributed by atoms with Gasteiger partial charge in [-0.15, -0.1) is 0 Å². The maximum absolute atomic E-state index is 6.18. The van der Waals surface area contributed by atoms with Crippen molar-refractivity contribution in [2.45, 2.75) is 0 Å². The summed E-state index contributed by atoms with van der Waals surface area (Å²) in [6.45, 7) is 0. The third kappa shape index (κ3) is 4.43. The maximum atomic E-state index is 6.18. The Bertz CT molecular complexity index is 2500. The molecule has 216 valence electrons. The third-order valence-corrected chi connectivity index (χ3v) is 9.06. The lowest BCUT2D eigenvalue weighted by Crippen LogP contribution is -2.09. The van der Waals surface area contributed by atoms with Crippen LogP contribution in [-0.2, 0) is 0 Å². The van der Waals surface area contributed by atoms with E-state index in [9.17, 15) is 0 Å². The van der Waals surface area contributed by atoms with E-state index < -0.39 is 0 Å². The van der Waals surface area contributed by atoms with Gasteiger partial charge in [-0.1, -0.05) is 121 Å². The van der Waals surface area contributed by atoms with Crippen LogP contribution < -0.4 is 4.90 Å². The Labute approximate surface area is 267 Å². The van der Waals surface area contributed by atoms with Crippen molar-refractivity contribution in [2.24, 2.45) is 0 Å². The molecule has 0 atom stereocenters. The van der Waals surface area contributed by atoms with E-state index in [0.29, 0.717) is 0 Å². The zero-order valence-corrected chi connectivity index (χ0v) is 25.1. The van der Waals surface area contributed by atoms with Crippen molar-refractivity contribution < 1.29 is 4.42 Å². The summed E-state index contributed by atoms with van der Waals surface area (Å²) in [4.78, 5) is 2.32. The molecule has 9 aromatic rings. The van der Waals surface area contributed by atoms with Crippen LogP contribution in [0.1, 0.15) is 0 Å². The highest BCUT2D eigenvalue weighted by Gasteiger charge is 2.15. The Morgan fingerprint density at radius 3 is 1.74 bits per heavy atom. The number of hydrogen-bond acceptors (Lipinski definition) is 2. The highest BCUT2D eigenvalue weighted by molar-refractivity contribution is 6.19. The minimum absolute atomic E-state index is 0.922. The number of rotatable bonds is 5. The molecule has 8 aromatic carbocycles. The number of furan rings is 1. The van der Waals surface area contributed by atoms with E-state index in [0.717, 1.165) is 33.6 Å². The third-order valence-electron chi connectivity index (χ3n) is 9.06. The standard InChI is InChI=1S/C44H29NO/c1-2-11-35(12-3-1)45(37-26-21-32(22-27-37)39-15-8-10-31-9-4-5-13-38(31)39)36-24-19-30(20-25-36)34-18-17-33-23-28-43-44(41(33)29-34)40-14-6-7-16-42(40)46-43/h1-29H. The molecule has 0 bridgehead atoms. The van der Waals surface area contributed by atoms with E-state index in [4.69, 9.17) is 4.42 Å². The summed E-state index contributed by atoms with van der Waals surface area (Å²) in [5.41, 5.74) is 10.00. The van der Waals surface area contributed by atoms with Gasteiger partial charge in [0.1, 0.15) is 11.2 Å². The second-order valence-corrected chi connectivity index (χ2v) is 11.8. The van der Waals surface area contributed by atoms with Crippen molar-refractivity contribution in [3.63, 3.8) is 0 Å². The van der Waals surface area contributed by atoms with Gasteiger partial charge in [0.05, 0.1) is 0 Å². The molecule has 1 heterocycles. The molecule has 0 aliphatic heterocycles. The van der Waals surface area contributed by atoms with Crippen LogP contribution in [0, 0.1) is 0 Å². The molecule has 0 spiro atoms. The number of para-hydroxylation sites is 2. The number of anilines is 3. The minimum Gasteiger partial charge on any atom is -0.456 e. The fourth-order valence-electron chi connectivity index (χ4n) is 6.82. The summed E-state index contributed by atoms with van der Waals surface area (Å²) >= 11 is 0. The first-order chi connectivity index (χ1) is 22.8. The molecule has 1 aromatic heterocycles. The van der Waals surface area contributed by atoms with Crippen molar-refractivity contribution in [2.75, 3.05) is 4.90 Å². The molecule has 0 saturated heterocycles. The molecule has 0 radical (unpaired) electrons. The molecule has 2 nitrogen and oxygen atoms in total. The summed E-state index contributed by atoms with van der Waals surface area (Å²) in [5, 5.41) is 7.27. The number of benzene rings is 8. The quantitative estimate of drug-likeness (QED) is 0.199. The molecule has 0 saturated carbocycles. The Balaban J connectivity index is 1.10. The van der Waals surface area contributed by atoms with E-state index >= 15 is 0 Å². The van der Waals surface area contributed by atoms with Crippen LogP contribution >= 0.6 is 0 Å². The van der Waals surface area contributed by atoms with Crippen molar-refractivity contribution in [3.05, 3.63) is 176 Å². The Morgan fingerprint density at radius 2 is 0.935 bits per heavy atom. The van der Waals surface area contributed by atoms with Crippen molar-refractivity contribution in [3.8, 4) is 22.3 Å². The first-order valence-corrected chi connectivity index (χ1v) is 15.7. The van der Waals surface area contributed by atoms with Crippen LogP contribution in [0.4, 0.5) is 17.1 Å². The fourth-order valence-corrected chi connectivity index (χ4v) is 6.82. The second-order valence-electron chi connectivity index (χ2n) is 11.8. The molecule has 0 fully saturated rings. The topological polar surface area (TPSA) is 16.4 Å². The molecule has 0 amide bonds. The van der Waals surface area contributed by atoms with Crippen LogP contribution in [-0.4, -0.2) is 0 Å². The lowest BCUT2D eigenvalue weighted by atomic mass is 9.97. The summed E-state index contributed by atoms with van der Waals surface area (Å²) in [6, 6.07) is 62.7. The van der Waals surface area contributed by atoms with Crippen molar-refractivity contribution in [1.82, 2.24) is 0 Å². The molecule has 2 heteroatoms. The molecule has 0 N–H and O–H groups in total. The van der Waals surface area contributed by atoms with Gasteiger partial charge >= 0.3 is 0 Å². The van der Waals surface area contributed by atoms with E-state index in [1.165, 1.54) is 49.2 Å². The Morgan fingerprint density at radius 1 is 0.348 bits per heavy atom. The minimum atomic E-state index is 0.922. The maximum Gasteiger partial charge on any atom is 0.136 e. The predicted molar refractivity (Wildman–Crippen MR) is 194 cm³/mol. The SMILES string of the molecule is c1ccc(N(c2ccc(-c3ccc4ccc5oc6ccccc6c5c4c3)cc2)c2ccc(-c3cccc4ccccc34)cc2)cc1. The number of hydrogen-bond donors (Lipinski definition) is 0. The normalized spacial score (nSPS) is 11.5. The van der Waals surface area contributed by atoms with Gasteiger partial charge < -0.3 is 9.32 Å². The molecule has 46 heavy (non-hydrogen) atoms. The molecule has 0 aliphatic carbocycles. The molecular weight excluding hydrogens is 558 g/mol. The summed E-state index contributed by atoms with van der Waals surface area (Å²) in [5.74, 6) is 0. The van der Waals surface area contributed by atoms with E-state index in [1.807, 2.05) is 12.1 Å². The zero-order chi connectivity index (χ0) is 30.5. The first kappa shape index (κ1) is 26.3. The number of fused-ring (bicyclic) bond motifs is 6.